The molecule has 2 aromatic rings. The van der Waals surface area contributed by atoms with Gasteiger partial charge in [0, 0.05) is 19.7 Å². The van der Waals surface area contributed by atoms with Crippen molar-refractivity contribution in [2.45, 2.75) is 0 Å². The molecule has 0 bridgehead atoms. The minimum atomic E-state index is -0.564. The lowest BCUT2D eigenvalue weighted by molar-refractivity contribution is 0.103. The summed E-state index contributed by atoms with van der Waals surface area (Å²) in [7, 11) is 1.37. The van der Waals surface area contributed by atoms with Crippen LogP contribution in [0.15, 0.2) is 36.4 Å². The first kappa shape index (κ1) is 14.3. The third-order valence-electron chi connectivity index (χ3n) is 2.59. The van der Waals surface area contributed by atoms with Crippen LogP contribution in [0.5, 0.6) is 5.75 Å². The van der Waals surface area contributed by atoms with Gasteiger partial charge in [-0.05, 0) is 59.0 Å². The average Bonchev–Trinajstić information content (AvgIpc) is 2.40. The second kappa shape index (κ2) is 5.88. The lowest BCUT2D eigenvalue weighted by Gasteiger charge is -2.07. The smallest absolute Gasteiger partial charge is 0.194 e. The maximum Gasteiger partial charge on any atom is 0.194 e. The predicted molar refractivity (Wildman–Crippen MR) is 80.6 cm³/mol. The summed E-state index contributed by atoms with van der Waals surface area (Å²) in [4.78, 5) is 12.3. The van der Waals surface area contributed by atoms with Crippen molar-refractivity contribution in [3.05, 3.63) is 61.9 Å². The summed E-state index contributed by atoms with van der Waals surface area (Å²) in [5.74, 6) is -0.726. The highest BCUT2D eigenvalue weighted by Crippen LogP contribution is 2.23. The maximum atomic E-state index is 13.6. The van der Waals surface area contributed by atoms with Crippen molar-refractivity contribution in [2.24, 2.45) is 0 Å². The molecule has 98 valence electrons. The van der Waals surface area contributed by atoms with E-state index >= 15 is 0 Å². The Morgan fingerprint density at radius 1 is 1.26 bits per heavy atom. The summed E-state index contributed by atoms with van der Waals surface area (Å²) < 4.78 is 19.2. The van der Waals surface area contributed by atoms with Crippen LogP contribution in [0, 0.1) is 9.39 Å². The van der Waals surface area contributed by atoms with Gasteiger partial charge < -0.3 is 4.74 Å². The second-order valence-corrected chi connectivity index (χ2v) is 5.40. The van der Waals surface area contributed by atoms with Gasteiger partial charge in [-0.2, -0.15) is 0 Å². The number of hydrogen-bond acceptors (Lipinski definition) is 2. The lowest BCUT2D eigenvalue weighted by Crippen LogP contribution is -2.04. The molecule has 5 heteroatoms. The molecule has 0 fully saturated rings. The van der Waals surface area contributed by atoms with E-state index in [2.05, 4.69) is 0 Å². The van der Waals surface area contributed by atoms with Crippen LogP contribution >= 0.6 is 34.2 Å². The van der Waals surface area contributed by atoms with E-state index in [-0.39, 0.29) is 17.1 Å². The van der Waals surface area contributed by atoms with Gasteiger partial charge in [-0.25, -0.2) is 4.39 Å². The van der Waals surface area contributed by atoms with Crippen LogP contribution in [0.25, 0.3) is 0 Å². The molecule has 0 spiro atoms. The van der Waals surface area contributed by atoms with Crippen LogP contribution in [0.2, 0.25) is 5.02 Å². The third kappa shape index (κ3) is 3.06. The Balaban J connectivity index is 2.44. The third-order valence-corrected chi connectivity index (χ3v) is 3.76. The fourth-order valence-corrected chi connectivity index (χ4v) is 2.39. The molecule has 2 rings (SSSR count). The van der Waals surface area contributed by atoms with Gasteiger partial charge in [-0.1, -0.05) is 11.6 Å². The Hall–Kier alpha value is -1.14. The van der Waals surface area contributed by atoms with Gasteiger partial charge >= 0.3 is 0 Å². The minimum absolute atomic E-state index is 0.109. The highest BCUT2D eigenvalue weighted by atomic mass is 127. The number of rotatable bonds is 3. The van der Waals surface area contributed by atoms with Crippen molar-refractivity contribution in [3.63, 3.8) is 0 Å². The van der Waals surface area contributed by atoms with Crippen LogP contribution < -0.4 is 4.74 Å². The van der Waals surface area contributed by atoms with E-state index in [9.17, 15) is 9.18 Å². The second-order valence-electron chi connectivity index (χ2n) is 3.80. The molecule has 0 aliphatic heterocycles. The van der Waals surface area contributed by atoms with E-state index < -0.39 is 5.82 Å². The minimum Gasteiger partial charge on any atom is -0.494 e. The monoisotopic (exact) mass is 390 g/mol. The Morgan fingerprint density at radius 3 is 2.63 bits per heavy atom. The molecule has 0 aromatic heterocycles. The normalized spacial score (nSPS) is 10.3. The van der Waals surface area contributed by atoms with Crippen LogP contribution in [-0.4, -0.2) is 12.9 Å². The van der Waals surface area contributed by atoms with Gasteiger partial charge in [0.1, 0.15) is 0 Å². The molecule has 0 aliphatic rings. The van der Waals surface area contributed by atoms with E-state index in [1.807, 2.05) is 22.6 Å². The number of carbonyl (C=O) groups is 1. The van der Waals surface area contributed by atoms with Crippen LogP contribution in [-0.2, 0) is 0 Å². The number of halogens is 3. The van der Waals surface area contributed by atoms with Crippen LogP contribution in [0.1, 0.15) is 15.9 Å². The topological polar surface area (TPSA) is 26.3 Å². The predicted octanol–water partition coefficient (Wildman–Crippen LogP) is 4.32. The first-order valence-corrected chi connectivity index (χ1v) is 6.82. The lowest BCUT2D eigenvalue weighted by atomic mass is 10.0. The molecule has 0 N–H and O–H groups in total. The summed E-state index contributed by atoms with van der Waals surface area (Å²) in [6.07, 6.45) is 0. The summed E-state index contributed by atoms with van der Waals surface area (Å²) in [5.41, 5.74) is 0.719. The van der Waals surface area contributed by atoms with E-state index in [1.165, 1.54) is 19.2 Å². The Kier molecular flexibility index (Phi) is 4.42. The van der Waals surface area contributed by atoms with Crippen molar-refractivity contribution in [1.29, 1.82) is 0 Å². The molecular weight excluding hydrogens is 382 g/mol. The number of benzene rings is 2. The van der Waals surface area contributed by atoms with Crippen molar-refractivity contribution in [2.75, 3.05) is 7.11 Å². The Morgan fingerprint density at radius 2 is 2.00 bits per heavy atom. The zero-order valence-electron chi connectivity index (χ0n) is 9.91. The quantitative estimate of drug-likeness (QED) is 0.576. The van der Waals surface area contributed by atoms with Crippen LogP contribution in [0.3, 0.4) is 0 Å². The highest BCUT2D eigenvalue weighted by molar-refractivity contribution is 14.1. The molecule has 0 amide bonds. The molecule has 0 saturated carbocycles. The largest absolute Gasteiger partial charge is 0.494 e. The standard InChI is InChI=1S/C14H9ClFIO2/c1-19-13-5-2-8(6-11(13)16)14(18)10-7-9(15)3-4-12(10)17/h2-7H,1H3. The van der Waals surface area contributed by atoms with Crippen LogP contribution in [0.4, 0.5) is 4.39 Å². The molecule has 0 atom stereocenters. The average molecular weight is 391 g/mol. The Labute approximate surface area is 128 Å². The molecule has 0 saturated heterocycles. The van der Waals surface area contributed by atoms with Gasteiger partial charge in [0.05, 0.1) is 7.11 Å². The first-order valence-electron chi connectivity index (χ1n) is 5.36. The highest BCUT2D eigenvalue weighted by Gasteiger charge is 2.15. The van der Waals surface area contributed by atoms with Gasteiger partial charge in [-0.15, -0.1) is 0 Å². The van der Waals surface area contributed by atoms with Gasteiger partial charge in [0.15, 0.2) is 17.3 Å². The van der Waals surface area contributed by atoms with Gasteiger partial charge in [0.25, 0.3) is 0 Å². The first-order chi connectivity index (χ1) is 9.02. The zero-order chi connectivity index (χ0) is 14.0. The summed E-state index contributed by atoms with van der Waals surface area (Å²) in [6.45, 7) is 0. The summed E-state index contributed by atoms with van der Waals surface area (Å²) in [6, 6.07) is 9.15. The number of hydrogen-bond donors (Lipinski definition) is 0. The molecule has 0 radical (unpaired) electrons. The SMILES string of the molecule is COc1ccc(C(=O)c2cc(Cl)ccc2I)cc1F. The number of carbonyl (C=O) groups excluding carboxylic acids is 1. The van der Waals surface area contributed by atoms with E-state index in [0.29, 0.717) is 10.6 Å². The van der Waals surface area contributed by atoms with Crippen molar-refractivity contribution < 1.29 is 13.9 Å². The molecule has 2 aromatic carbocycles. The number of ketones is 1. The fraction of sp³-hybridized carbons (Fsp3) is 0.0714. The molecule has 0 unspecified atom stereocenters. The zero-order valence-corrected chi connectivity index (χ0v) is 12.8. The summed E-state index contributed by atoms with van der Waals surface area (Å²) in [5, 5.41) is 0.470. The number of ether oxygens (including phenoxy) is 1. The molecule has 2 nitrogen and oxygen atoms in total. The summed E-state index contributed by atoms with van der Waals surface area (Å²) >= 11 is 7.92. The van der Waals surface area contributed by atoms with Gasteiger partial charge in [-0.3, -0.25) is 4.79 Å². The van der Waals surface area contributed by atoms with Crippen molar-refractivity contribution >= 4 is 40.0 Å². The molecule has 0 heterocycles. The maximum absolute atomic E-state index is 13.6. The number of methoxy groups -OCH3 is 1. The molecule has 0 aliphatic carbocycles. The van der Waals surface area contributed by atoms with Gasteiger partial charge in [0.2, 0.25) is 0 Å². The van der Waals surface area contributed by atoms with E-state index in [1.54, 1.807) is 18.2 Å². The van der Waals surface area contributed by atoms with E-state index in [4.69, 9.17) is 16.3 Å². The molecular formula is C14H9ClFIO2. The van der Waals surface area contributed by atoms with Crippen molar-refractivity contribution in [3.8, 4) is 5.75 Å². The van der Waals surface area contributed by atoms with E-state index in [0.717, 1.165) is 9.64 Å². The van der Waals surface area contributed by atoms with Crippen molar-refractivity contribution in [1.82, 2.24) is 0 Å². The fourth-order valence-electron chi connectivity index (χ4n) is 1.63. The molecule has 19 heavy (non-hydrogen) atoms. The Bertz CT molecular complexity index is 643.